The summed E-state index contributed by atoms with van der Waals surface area (Å²) in [5, 5.41) is 3.60. The molecule has 2 aliphatic heterocycles. The number of amides is 1. The molecule has 1 fully saturated rings. The number of para-hydroxylation sites is 1. The van der Waals surface area contributed by atoms with Crippen LogP contribution in [0.15, 0.2) is 18.2 Å². The van der Waals surface area contributed by atoms with E-state index in [1.807, 2.05) is 37.8 Å². The van der Waals surface area contributed by atoms with Crippen LogP contribution in [-0.4, -0.2) is 42.5 Å². The van der Waals surface area contributed by atoms with Gasteiger partial charge in [-0.1, -0.05) is 12.1 Å². The van der Waals surface area contributed by atoms with Gasteiger partial charge in [-0.15, -0.1) is 0 Å². The number of rotatable bonds is 3. The summed E-state index contributed by atoms with van der Waals surface area (Å²) in [4.78, 5) is 14.1. The van der Waals surface area contributed by atoms with Crippen LogP contribution >= 0.6 is 0 Å². The van der Waals surface area contributed by atoms with Crippen LogP contribution < -0.4 is 14.8 Å². The van der Waals surface area contributed by atoms with Crippen LogP contribution in [0.5, 0.6) is 11.5 Å². The average molecular weight is 348 g/mol. The molecular weight excluding hydrogens is 320 g/mol. The van der Waals surface area contributed by atoms with Crippen LogP contribution in [0.3, 0.4) is 0 Å². The van der Waals surface area contributed by atoms with Crippen LogP contribution in [-0.2, 0) is 11.3 Å². The third-order valence-corrected chi connectivity index (χ3v) is 4.44. The first-order valence-corrected chi connectivity index (χ1v) is 9.01. The second-order valence-electron chi connectivity index (χ2n) is 7.63. The minimum absolute atomic E-state index is 0.209. The fraction of sp³-hybridized carbons (Fsp3) is 0.632. The average Bonchev–Trinajstić information content (AvgIpc) is 2.89. The molecule has 2 heterocycles. The highest BCUT2D eigenvalue weighted by molar-refractivity contribution is 5.68. The molecule has 0 aliphatic carbocycles. The van der Waals surface area contributed by atoms with E-state index in [9.17, 15) is 4.79 Å². The van der Waals surface area contributed by atoms with Crippen LogP contribution in [0, 0.1) is 0 Å². The Bertz CT molecular complexity index is 612. The zero-order valence-electron chi connectivity index (χ0n) is 15.3. The summed E-state index contributed by atoms with van der Waals surface area (Å²) in [5.41, 5.74) is 0.666. The van der Waals surface area contributed by atoms with E-state index < -0.39 is 5.60 Å². The molecule has 1 saturated heterocycles. The Morgan fingerprint density at radius 3 is 2.92 bits per heavy atom. The highest BCUT2D eigenvalue weighted by Crippen LogP contribution is 2.35. The number of hydrogen-bond donors (Lipinski definition) is 1. The molecule has 0 radical (unpaired) electrons. The quantitative estimate of drug-likeness (QED) is 0.908. The molecule has 1 aromatic carbocycles. The first kappa shape index (κ1) is 17.9. The molecule has 6 heteroatoms. The lowest BCUT2D eigenvalue weighted by molar-refractivity contribution is 0.0256. The SMILES string of the molecule is CC(C)(C)OC(=O)N1CCCC(NCc2cccc3c2OCO3)CC1. The van der Waals surface area contributed by atoms with Crippen molar-refractivity contribution in [1.29, 1.82) is 0 Å². The van der Waals surface area contributed by atoms with Crippen molar-refractivity contribution in [2.75, 3.05) is 19.9 Å². The molecule has 1 aromatic rings. The summed E-state index contributed by atoms with van der Waals surface area (Å²) < 4.78 is 16.5. The Hall–Kier alpha value is -1.95. The van der Waals surface area contributed by atoms with E-state index in [0.717, 1.165) is 56.0 Å². The van der Waals surface area contributed by atoms with Gasteiger partial charge in [0.2, 0.25) is 6.79 Å². The number of nitrogens with zero attached hydrogens (tertiary/aromatic N) is 1. The number of nitrogens with one attached hydrogen (secondary N) is 1. The lowest BCUT2D eigenvalue weighted by Gasteiger charge is -2.26. The standard InChI is InChI=1S/C19H28N2O4/c1-19(2,3)25-18(22)21-10-5-7-15(9-11-21)20-12-14-6-4-8-16-17(14)24-13-23-16/h4,6,8,15,20H,5,7,9-13H2,1-3H3. The van der Waals surface area contributed by atoms with Gasteiger partial charge in [0.05, 0.1) is 0 Å². The summed E-state index contributed by atoms with van der Waals surface area (Å²) in [6, 6.07) is 6.35. The number of hydrogen-bond acceptors (Lipinski definition) is 5. The van der Waals surface area contributed by atoms with Crippen molar-refractivity contribution in [2.45, 2.75) is 58.2 Å². The Kier molecular flexibility index (Phi) is 5.37. The molecule has 0 aromatic heterocycles. The molecule has 1 atom stereocenters. The second kappa shape index (κ2) is 7.52. The Morgan fingerprint density at radius 1 is 1.28 bits per heavy atom. The topological polar surface area (TPSA) is 60.0 Å². The molecule has 1 unspecified atom stereocenters. The van der Waals surface area contributed by atoms with Gasteiger partial charge in [0.25, 0.3) is 0 Å². The van der Waals surface area contributed by atoms with E-state index in [-0.39, 0.29) is 6.09 Å². The maximum Gasteiger partial charge on any atom is 0.410 e. The predicted octanol–water partition coefficient (Wildman–Crippen LogP) is 3.29. The van der Waals surface area contributed by atoms with Gasteiger partial charge in [-0.3, -0.25) is 0 Å². The Balaban J connectivity index is 1.51. The van der Waals surface area contributed by atoms with Crippen molar-refractivity contribution in [3.05, 3.63) is 23.8 Å². The summed E-state index contributed by atoms with van der Waals surface area (Å²) in [5.74, 6) is 1.66. The number of fused-ring (bicyclic) bond motifs is 1. The molecule has 0 spiro atoms. The largest absolute Gasteiger partial charge is 0.454 e. The van der Waals surface area contributed by atoms with Gasteiger partial charge in [0.15, 0.2) is 11.5 Å². The number of carbonyl (C=O) groups excluding carboxylic acids is 1. The van der Waals surface area contributed by atoms with Crippen LogP contribution in [0.1, 0.15) is 45.6 Å². The van der Waals surface area contributed by atoms with E-state index in [2.05, 4.69) is 11.4 Å². The summed E-state index contributed by atoms with van der Waals surface area (Å²) in [7, 11) is 0. The molecule has 1 N–H and O–H groups in total. The van der Waals surface area contributed by atoms with Gasteiger partial charge < -0.3 is 24.4 Å². The summed E-state index contributed by atoms with van der Waals surface area (Å²) in [6.07, 6.45) is 2.74. The van der Waals surface area contributed by atoms with Crippen molar-refractivity contribution >= 4 is 6.09 Å². The van der Waals surface area contributed by atoms with Crippen molar-refractivity contribution < 1.29 is 19.0 Å². The fourth-order valence-corrected chi connectivity index (χ4v) is 3.19. The van der Waals surface area contributed by atoms with Gasteiger partial charge >= 0.3 is 6.09 Å². The minimum atomic E-state index is -0.448. The van der Waals surface area contributed by atoms with Gasteiger partial charge in [0, 0.05) is 31.2 Å². The van der Waals surface area contributed by atoms with Crippen LogP contribution in [0.25, 0.3) is 0 Å². The molecule has 138 valence electrons. The Labute approximate surface area is 149 Å². The van der Waals surface area contributed by atoms with Gasteiger partial charge in [0.1, 0.15) is 5.60 Å². The van der Waals surface area contributed by atoms with E-state index in [1.165, 1.54) is 0 Å². The first-order chi connectivity index (χ1) is 11.9. The number of benzene rings is 1. The maximum absolute atomic E-state index is 12.2. The van der Waals surface area contributed by atoms with Crippen molar-refractivity contribution in [2.24, 2.45) is 0 Å². The molecule has 1 amide bonds. The lowest BCUT2D eigenvalue weighted by atomic mass is 10.1. The second-order valence-corrected chi connectivity index (χ2v) is 7.63. The lowest BCUT2D eigenvalue weighted by Crippen LogP contribution is -2.38. The van der Waals surface area contributed by atoms with Crippen molar-refractivity contribution in [1.82, 2.24) is 10.2 Å². The molecule has 3 rings (SSSR count). The highest BCUT2D eigenvalue weighted by Gasteiger charge is 2.25. The third-order valence-electron chi connectivity index (χ3n) is 4.44. The maximum atomic E-state index is 12.2. The molecular formula is C19H28N2O4. The highest BCUT2D eigenvalue weighted by atomic mass is 16.7. The molecule has 25 heavy (non-hydrogen) atoms. The number of carbonyl (C=O) groups is 1. The van der Waals surface area contributed by atoms with Crippen LogP contribution in [0.4, 0.5) is 4.79 Å². The number of ether oxygens (including phenoxy) is 3. The normalized spacial score (nSPS) is 20.3. The zero-order chi connectivity index (χ0) is 17.9. The smallest absolute Gasteiger partial charge is 0.410 e. The van der Waals surface area contributed by atoms with E-state index in [0.29, 0.717) is 12.8 Å². The van der Waals surface area contributed by atoms with Crippen LogP contribution in [0.2, 0.25) is 0 Å². The molecule has 0 saturated carbocycles. The molecule has 0 bridgehead atoms. The third kappa shape index (κ3) is 4.78. The van der Waals surface area contributed by atoms with Crippen molar-refractivity contribution in [3.8, 4) is 11.5 Å². The van der Waals surface area contributed by atoms with Gasteiger partial charge in [-0.2, -0.15) is 0 Å². The fourth-order valence-electron chi connectivity index (χ4n) is 3.19. The molecule has 2 aliphatic rings. The van der Waals surface area contributed by atoms with Gasteiger partial charge in [-0.25, -0.2) is 4.79 Å². The summed E-state index contributed by atoms with van der Waals surface area (Å²) >= 11 is 0. The zero-order valence-corrected chi connectivity index (χ0v) is 15.3. The van der Waals surface area contributed by atoms with E-state index >= 15 is 0 Å². The molecule has 6 nitrogen and oxygen atoms in total. The number of likely N-dealkylation sites (tertiary alicyclic amines) is 1. The predicted molar refractivity (Wildman–Crippen MR) is 94.9 cm³/mol. The summed E-state index contributed by atoms with van der Waals surface area (Å²) in [6.45, 7) is 8.21. The van der Waals surface area contributed by atoms with Gasteiger partial charge in [-0.05, 0) is 46.1 Å². The monoisotopic (exact) mass is 348 g/mol. The van der Waals surface area contributed by atoms with Crippen molar-refractivity contribution in [3.63, 3.8) is 0 Å². The van der Waals surface area contributed by atoms with E-state index in [4.69, 9.17) is 14.2 Å². The van der Waals surface area contributed by atoms with E-state index in [1.54, 1.807) is 0 Å². The minimum Gasteiger partial charge on any atom is -0.454 e. The Morgan fingerprint density at radius 2 is 2.12 bits per heavy atom. The first-order valence-electron chi connectivity index (χ1n) is 9.01.